The van der Waals surface area contributed by atoms with E-state index in [-0.39, 0.29) is 18.2 Å². The minimum Gasteiger partial charge on any atom is -0.439 e. The van der Waals surface area contributed by atoms with Crippen molar-refractivity contribution in [1.82, 2.24) is 9.71 Å². The average molecular weight is 297 g/mol. The van der Waals surface area contributed by atoms with Crippen molar-refractivity contribution in [1.29, 1.82) is 0 Å². The first-order valence-electron chi connectivity index (χ1n) is 5.59. The van der Waals surface area contributed by atoms with Crippen LogP contribution in [-0.4, -0.2) is 13.4 Å². The van der Waals surface area contributed by atoms with Gasteiger partial charge in [0, 0.05) is 24.4 Å². The number of hydrogen-bond donors (Lipinski definition) is 2. The number of pyridine rings is 1. The molecule has 0 bridgehead atoms. The van der Waals surface area contributed by atoms with Crippen molar-refractivity contribution in [2.45, 2.75) is 6.54 Å². The molecule has 0 unspecified atom stereocenters. The smallest absolute Gasteiger partial charge is 0.274 e. The second kappa shape index (κ2) is 5.95. The van der Waals surface area contributed by atoms with Crippen LogP contribution in [0.2, 0.25) is 0 Å². The molecule has 0 aliphatic carbocycles. The topological polar surface area (TPSA) is 94.3 Å². The zero-order valence-electron chi connectivity index (χ0n) is 10.3. The molecule has 6 nitrogen and oxygen atoms in total. The van der Waals surface area contributed by atoms with E-state index in [4.69, 9.17) is 9.88 Å². The number of aromatic nitrogens is 1. The van der Waals surface area contributed by atoms with Crippen LogP contribution in [0.25, 0.3) is 0 Å². The van der Waals surface area contributed by atoms with E-state index in [0.717, 1.165) is 0 Å². The van der Waals surface area contributed by atoms with E-state index in [1.54, 1.807) is 18.2 Å². The third-order valence-corrected chi connectivity index (χ3v) is 2.87. The molecule has 0 atom stereocenters. The molecule has 0 saturated heterocycles. The van der Waals surface area contributed by atoms with Gasteiger partial charge in [-0.2, -0.15) is 13.1 Å². The molecule has 0 saturated carbocycles. The Kier molecular flexibility index (Phi) is 4.28. The molecule has 8 heteroatoms. The number of nitrogens with zero attached hydrogens (tertiary/aromatic N) is 1. The lowest BCUT2D eigenvalue weighted by Crippen LogP contribution is -2.30. The fourth-order valence-corrected chi connectivity index (χ4v) is 1.83. The second-order valence-corrected chi connectivity index (χ2v) is 5.27. The molecule has 0 radical (unpaired) electrons. The van der Waals surface area contributed by atoms with E-state index < -0.39 is 16.0 Å². The highest BCUT2D eigenvalue weighted by molar-refractivity contribution is 7.87. The first kappa shape index (κ1) is 14.4. The third kappa shape index (κ3) is 4.26. The normalized spacial score (nSPS) is 11.3. The zero-order valence-corrected chi connectivity index (χ0v) is 11.1. The molecule has 1 heterocycles. The quantitative estimate of drug-likeness (QED) is 0.870. The monoisotopic (exact) mass is 297 g/mol. The summed E-state index contributed by atoms with van der Waals surface area (Å²) >= 11 is 0. The SMILES string of the molecule is NS(=O)(=O)NCc1cccnc1Oc1cccc(F)c1. The van der Waals surface area contributed by atoms with Crippen molar-refractivity contribution in [3.8, 4) is 11.6 Å². The number of rotatable bonds is 5. The molecule has 0 amide bonds. The average Bonchev–Trinajstić information content (AvgIpc) is 2.37. The van der Waals surface area contributed by atoms with Crippen LogP contribution < -0.4 is 14.6 Å². The Morgan fingerprint density at radius 2 is 2.10 bits per heavy atom. The third-order valence-electron chi connectivity index (χ3n) is 2.32. The van der Waals surface area contributed by atoms with Crippen molar-refractivity contribution >= 4 is 10.2 Å². The molecule has 1 aromatic heterocycles. The number of benzene rings is 1. The van der Waals surface area contributed by atoms with Crippen LogP contribution in [0.1, 0.15) is 5.56 Å². The van der Waals surface area contributed by atoms with Crippen LogP contribution in [0, 0.1) is 5.82 Å². The predicted octanol–water partition coefficient (Wildman–Crippen LogP) is 1.31. The summed E-state index contributed by atoms with van der Waals surface area (Å²) in [6, 6.07) is 8.79. The summed E-state index contributed by atoms with van der Waals surface area (Å²) in [5.74, 6) is -0.00236. The summed E-state index contributed by atoms with van der Waals surface area (Å²) in [5, 5.41) is 4.86. The fraction of sp³-hybridized carbons (Fsp3) is 0.0833. The fourth-order valence-electron chi connectivity index (χ4n) is 1.47. The molecular formula is C12H12FN3O3S. The number of nitrogens with one attached hydrogen (secondary N) is 1. The first-order valence-corrected chi connectivity index (χ1v) is 7.13. The largest absolute Gasteiger partial charge is 0.439 e. The maximum absolute atomic E-state index is 13.1. The summed E-state index contributed by atoms with van der Waals surface area (Å²) in [5.41, 5.74) is 0.478. The van der Waals surface area contributed by atoms with Gasteiger partial charge in [0.25, 0.3) is 10.2 Å². The predicted molar refractivity (Wildman–Crippen MR) is 70.7 cm³/mol. The molecule has 0 spiro atoms. The maximum atomic E-state index is 13.1. The van der Waals surface area contributed by atoms with Crippen molar-refractivity contribution in [2.24, 2.45) is 5.14 Å². The zero-order chi connectivity index (χ0) is 14.6. The van der Waals surface area contributed by atoms with Gasteiger partial charge in [0.05, 0.1) is 0 Å². The van der Waals surface area contributed by atoms with Gasteiger partial charge in [-0.05, 0) is 18.2 Å². The summed E-state index contributed by atoms with van der Waals surface area (Å²) < 4.78 is 42.4. The number of halogens is 1. The second-order valence-electron chi connectivity index (χ2n) is 3.89. The van der Waals surface area contributed by atoms with Crippen LogP contribution in [0.3, 0.4) is 0 Å². The van der Waals surface area contributed by atoms with E-state index >= 15 is 0 Å². The van der Waals surface area contributed by atoms with Gasteiger partial charge in [0.1, 0.15) is 11.6 Å². The molecule has 0 fully saturated rings. The van der Waals surface area contributed by atoms with Crippen molar-refractivity contribution in [2.75, 3.05) is 0 Å². The van der Waals surface area contributed by atoms with Gasteiger partial charge in [-0.1, -0.05) is 12.1 Å². The van der Waals surface area contributed by atoms with E-state index in [2.05, 4.69) is 9.71 Å². The van der Waals surface area contributed by atoms with Crippen LogP contribution in [0.4, 0.5) is 4.39 Å². The Morgan fingerprint density at radius 1 is 1.30 bits per heavy atom. The van der Waals surface area contributed by atoms with E-state index in [0.29, 0.717) is 5.56 Å². The van der Waals surface area contributed by atoms with Gasteiger partial charge < -0.3 is 4.74 Å². The minimum absolute atomic E-state index is 0.0721. The first-order chi connectivity index (χ1) is 9.44. The maximum Gasteiger partial charge on any atom is 0.274 e. The van der Waals surface area contributed by atoms with Gasteiger partial charge in [-0.25, -0.2) is 14.5 Å². The van der Waals surface area contributed by atoms with E-state index in [1.807, 2.05) is 0 Å². The standard InChI is InChI=1S/C12H12FN3O3S/c13-10-4-1-5-11(7-10)19-12-9(3-2-6-15-12)8-16-20(14,17)18/h1-7,16H,8H2,(H2,14,17,18). The van der Waals surface area contributed by atoms with Gasteiger partial charge in [0.2, 0.25) is 5.88 Å². The Bertz CT molecular complexity index is 707. The molecule has 0 aliphatic rings. The van der Waals surface area contributed by atoms with Crippen molar-refractivity contribution < 1.29 is 17.5 Å². The summed E-state index contributed by atoms with van der Waals surface area (Å²) in [4.78, 5) is 3.98. The number of nitrogens with two attached hydrogens (primary N) is 1. The lowest BCUT2D eigenvalue weighted by molar-refractivity contribution is 0.451. The Labute approximate surface area is 115 Å². The molecule has 0 aliphatic heterocycles. The molecule has 2 aromatic rings. The summed E-state index contributed by atoms with van der Waals surface area (Å²) in [7, 11) is -3.81. The molecule has 20 heavy (non-hydrogen) atoms. The van der Waals surface area contributed by atoms with Crippen LogP contribution in [0.15, 0.2) is 42.6 Å². The van der Waals surface area contributed by atoms with E-state index in [9.17, 15) is 12.8 Å². The highest BCUT2D eigenvalue weighted by Gasteiger charge is 2.09. The Balaban J connectivity index is 2.19. The molecular weight excluding hydrogens is 285 g/mol. The van der Waals surface area contributed by atoms with Crippen LogP contribution in [-0.2, 0) is 16.8 Å². The molecule has 1 aromatic carbocycles. The van der Waals surface area contributed by atoms with Gasteiger partial charge >= 0.3 is 0 Å². The van der Waals surface area contributed by atoms with Crippen LogP contribution >= 0.6 is 0 Å². The van der Waals surface area contributed by atoms with Gasteiger partial charge in [-0.15, -0.1) is 0 Å². The lowest BCUT2D eigenvalue weighted by Gasteiger charge is -2.09. The molecule has 2 rings (SSSR count). The van der Waals surface area contributed by atoms with Crippen molar-refractivity contribution in [3.63, 3.8) is 0 Å². The molecule has 3 N–H and O–H groups in total. The van der Waals surface area contributed by atoms with Gasteiger partial charge in [0.15, 0.2) is 0 Å². The number of hydrogen-bond acceptors (Lipinski definition) is 4. The van der Waals surface area contributed by atoms with E-state index in [1.165, 1.54) is 24.4 Å². The summed E-state index contributed by atoms with van der Waals surface area (Å²) in [6.07, 6.45) is 1.48. The number of ether oxygens (including phenoxy) is 1. The van der Waals surface area contributed by atoms with Crippen LogP contribution in [0.5, 0.6) is 11.6 Å². The molecule has 106 valence electrons. The van der Waals surface area contributed by atoms with Crippen molar-refractivity contribution in [3.05, 3.63) is 54.0 Å². The summed E-state index contributed by atoms with van der Waals surface area (Å²) in [6.45, 7) is -0.0721. The Hall–Kier alpha value is -2.03. The highest BCUT2D eigenvalue weighted by atomic mass is 32.2. The van der Waals surface area contributed by atoms with Gasteiger partial charge in [-0.3, -0.25) is 0 Å². The Morgan fingerprint density at radius 3 is 2.80 bits per heavy atom. The minimum atomic E-state index is -3.81. The lowest BCUT2D eigenvalue weighted by atomic mass is 10.3. The highest BCUT2D eigenvalue weighted by Crippen LogP contribution is 2.23.